The summed E-state index contributed by atoms with van der Waals surface area (Å²) in [5.74, 6) is -0.0342. The number of hydrogen-bond acceptors (Lipinski definition) is 1. The molecule has 0 radical (unpaired) electrons. The summed E-state index contributed by atoms with van der Waals surface area (Å²) in [5, 5.41) is 1.24. The molecule has 104 valence electrons. The Hall–Kier alpha value is -1.83. The van der Waals surface area contributed by atoms with Crippen molar-refractivity contribution in [1.29, 1.82) is 0 Å². The van der Waals surface area contributed by atoms with Gasteiger partial charge in [-0.25, -0.2) is 0 Å². The third-order valence-corrected chi connectivity index (χ3v) is 4.16. The van der Waals surface area contributed by atoms with E-state index >= 15 is 0 Å². The van der Waals surface area contributed by atoms with Crippen LogP contribution >= 0.6 is 23.2 Å². The number of allylic oxidation sites excluding steroid dienone is 3. The Morgan fingerprint density at radius 1 is 0.952 bits per heavy atom. The maximum absolute atomic E-state index is 12.5. The van der Waals surface area contributed by atoms with Crippen molar-refractivity contribution in [2.24, 2.45) is 0 Å². The average Bonchev–Trinajstić information content (AvgIpc) is 2.77. The predicted octanol–water partition coefficient (Wildman–Crippen LogP) is 5.43. The van der Waals surface area contributed by atoms with Gasteiger partial charge in [-0.2, -0.15) is 0 Å². The van der Waals surface area contributed by atoms with Crippen molar-refractivity contribution in [2.75, 3.05) is 0 Å². The standard InChI is InChI=1S/C18H12Cl2O/c1-11-10-15(12-6-8-13(19)9-7-12)17(18(11)21)14-4-2-3-5-16(14)20/h2-9H,1,10H2. The molecule has 21 heavy (non-hydrogen) atoms. The Bertz CT molecular complexity index is 770. The Morgan fingerprint density at radius 3 is 2.29 bits per heavy atom. The summed E-state index contributed by atoms with van der Waals surface area (Å²) in [5.41, 5.74) is 3.92. The van der Waals surface area contributed by atoms with Crippen LogP contribution in [0.2, 0.25) is 10.0 Å². The Kier molecular flexibility index (Phi) is 3.71. The molecule has 0 atom stereocenters. The zero-order chi connectivity index (χ0) is 15.0. The lowest BCUT2D eigenvalue weighted by Crippen LogP contribution is -1.98. The summed E-state index contributed by atoms with van der Waals surface area (Å²) in [6.07, 6.45) is 0.543. The molecule has 0 saturated carbocycles. The first-order chi connectivity index (χ1) is 10.1. The van der Waals surface area contributed by atoms with Gasteiger partial charge in [0, 0.05) is 27.6 Å². The molecule has 2 aromatic rings. The number of halogens is 2. The molecule has 1 aliphatic carbocycles. The van der Waals surface area contributed by atoms with Gasteiger partial charge in [-0.1, -0.05) is 60.1 Å². The second-order valence-electron chi connectivity index (χ2n) is 4.95. The van der Waals surface area contributed by atoms with E-state index in [1.54, 1.807) is 6.07 Å². The van der Waals surface area contributed by atoms with Crippen LogP contribution in [0.5, 0.6) is 0 Å². The normalized spacial score (nSPS) is 15.0. The van der Waals surface area contributed by atoms with E-state index in [1.165, 1.54) is 0 Å². The first kappa shape index (κ1) is 14.1. The SMILES string of the molecule is C=C1CC(c2ccc(Cl)cc2)=C(c2ccccc2Cl)C1=O. The molecular formula is C18H12Cl2O. The molecule has 0 aliphatic heterocycles. The largest absolute Gasteiger partial charge is 0.289 e. The van der Waals surface area contributed by atoms with Crippen LogP contribution in [0, 0.1) is 0 Å². The van der Waals surface area contributed by atoms with Crippen molar-refractivity contribution < 1.29 is 4.79 Å². The van der Waals surface area contributed by atoms with Crippen LogP contribution in [0.4, 0.5) is 0 Å². The zero-order valence-corrected chi connectivity index (χ0v) is 12.7. The van der Waals surface area contributed by atoms with Crippen LogP contribution in [-0.4, -0.2) is 5.78 Å². The molecular weight excluding hydrogens is 303 g/mol. The maximum atomic E-state index is 12.5. The molecule has 0 bridgehead atoms. The van der Waals surface area contributed by atoms with Crippen LogP contribution in [0.3, 0.4) is 0 Å². The maximum Gasteiger partial charge on any atom is 0.189 e. The van der Waals surface area contributed by atoms with E-state index < -0.39 is 0 Å². The van der Waals surface area contributed by atoms with E-state index in [2.05, 4.69) is 6.58 Å². The lowest BCUT2D eigenvalue weighted by Gasteiger charge is -2.08. The van der Waals surface area contributed by atoms with Crippen molar-refractivity contribution in [1.82, 2.24) is 0 Å². The average molecular weight is 315 g/mol. The smallest absolute Gasteiger partial charge is 0.189 e. The van der Waals surface area contributed by atoms with E-state index in [1.807, 2.05) is 42.5 Å². The van der Waals surface area contributed by atoms with Crippen molar-refractivity contribution in [3.63, 3.8) is 0 Å². The van der Waals surface area contributed by atoms with E-state index in [-0.39, 0.29) is 5.78 Å². The molecule has 0 amide bonds. The molecule has 0 unspecified atom stereocenters. The van der Waals surface area contributed by atoms with E-state index in [0.29, 0.717) is 27.6 Å². The molecule has 3 heteroatoms. The molecule has 0 aromatic heterocycles. The summed E-state index contributed by atoms with van der Waals surface area (Å²) >= 11 is 12.2. The number of benzene rings is 2. The van der Waals surface area contributed by atoms with Gasteiger partial charge < -0.3 is 0 Å². The highest BCUT2D eigenvalue weighted by atomic mass is 35.5. The molecule has 0 N–H and O–H groups in total. The summed E-state index contributed by atoms with van der Waals surface area (Å²) < 4.78 is 0. The van der Waals surface area contributed by atoms with Gasteiger partial charge in [0.25, 0.3) is 0 Å². The van der Waals surface area contributed by atoms with Crippen LogP contribution in [0.1, 0.15) is 17.5 Å². The van der Waals surface area contributed by atoms with Gasteiger partial charge >= 0.3 is 0 Å². The van der Waals surface area contributed by atoms with E-state index in [9.17, 15) is 4.79 Å². The van der Waals surface area contributed by atoms with E-state index in [0.717, 1.165) is 16.7 Å². The van der Waals surface area contributed by atoms with Crippen LogP contribution in [-0.2, 0) is 4.79 Å². The minimum atomic E-state index is -0.0342. The molecule has 0 spiro atoms. The lowest BCUT2D eigenvalue weighted by molar-refractivity contribution is -0.110. The van der Waals surface area contributed by atoms with Crippen molar-refractivity contribution >= 4 is 40.1 Å². The fraction of sp³-hybridized carbons (Fsp3) is 0.0556. The Labute approximate surface area is 133 Å². The monoisotopic (exact) mass is 314 g/mol. The molecule has 2 aromatic carbocycles. The summed E-state index contributed by atoms with van der Waals surface area (Å²) in [4.78, 5) is 12.5. The third-order valence-electron chi connectivity index (χ3n) is 3.58. The van der Waals surface area contributed by atoms with Gasteiger partial charge in [-0.3, -0.25) is 4.79 Å². The first-order valence-corrected chi connectivity index (χ1v) is 7.30. The van der Waals surface area contributed by atoms with Crippen LogP contribution in [0.15, 0.2) is 60.7 Å². The minimum absolute atomic E-state index is 0.0342. The van der Waals surface area contributed by atoms with E-state index in [4.69, 9.17) is 23.2 Å². The quantitative estimate of drug-likeness (QED) is 0.675. The van der Waals surface area contributed by atoms with Crippen molar-refractivity contribution in [3.05, 3.63) is 81.9 Å². The fourth-order valence-corrected chi connectivity index (χ4v) is 2.90. The summed E-state index contributed by atoms with van der Waals surface area (Å²) in [6.45, 7) is 3.87. The number of carbonyl (C=O) groups excluding carboxylic acids is 1. The fourth-order valence-electron chi connectivity index (χ4n) is 2.54. The van der Waals surface area contributed by atoms with Crippen molar-refractivity contribution in [3.8, 4) is 0 Å². The Morgan fingerprint density at radius 2 is 1.62 bits per heavy atom. The van der Waals surface area contributed by atoms with Gasteiger partial charge in [-0.15, -0.1) is 0 Å². The molecule has 1 aliphatic rings. The highest BCUT2D eigenvalue weighted by Gasteiger charge is 2.29. The number of rotatable bonds is 2. The second-order valence-corrected chi connectivity index (χ2v) is 5.79. The summed E-state index contributed by atoms with van der Waals surface area (Å²) in [7, 11) is 0. The summed E-state index contributed by atoms with van der Waals surface area (Å²) in [6, 6.07) is 14.9. The van der Waals surface area contributed by atoms with Crippen LogP contribution < -0.4 is 0 Å². The predicted molar refractivity (Wildman–Crippen MR) is 88.5 cm³/mol. The molecule has 1 nitrogen and oxygen atoms in total. The zero-order valence-electron chi connectivity index (χ0n) is 11.2. The number of carbonyl (C=O) groups is 1. The molecule has 0 fully saturated rings. The van der Waals surface area contributed by atoms with Gasteiger partial charge in [0.05, 0.1) is 0 Å². The number of hydrogen-bond donors (Lipinski definition) is 0. The van der Waals surface area contributed by atoms with Gasteiger partial charge in [0.15, 0.2) is 5.78 Å². The number of ketones is 1. The molecule has 3 rings (SSSR count). The number of Topliss-reactive ketones (excluding diaryl/α,β-unsaturated/α-hetero) is 1. The van der Waals surface area contributed by atoms with Gasteiger partial charge in [-0.05, 0) is 34.9 Å². The molecule has 0 heterocycles. The topological polar surface area (TPSA) is 17.1 Å². The second kappa shape index (κ2) is 5.51. The van der Waals surface area contributed by atoms with Crippen LogP contribution in [0.25, 0.3) is 11.1 Å². The lowest BCUT2D eigenvalue weighted by atomic mass is 9.97. The van der Waals surface area contributed by atoms with Gasteiger partial charge in [0.2, 0.25) is 0 Å². The Balaban J connectivity index is 2.22. The first-order valence-electron chi connectivity index (χ1n) is 6.54. The minimum Gasteiger partial charge on any atom is -0.289 e. The molecule has 0 saturated heterocycles. The highest BCUT2D eigenvalue weighted by molar-refractivity contribution is 6.42. The highest BCUT2D eigenvalue weighted by Crippen LogP contribution is 2.41. The third kappa shape index (κ3) is 2.55. The van der Waals surface area contributed by atoms with Crippen molar-refractivity contribution in [2.45, 2.75) is 6.42 Å². The van der Waals surface area contributed by atoms with Gasteiger partial charge in [0.1, 0.15) is 0 Å².